The number of pyridine rings is 1. The molecule has 21 heavy (non-hydrogen) atoms. The van der Waals surface area contributed by atoms with Gasteiger partial charge in [0, 0.05) is 43.2 Å². The van der Waals surface area contributed by atoms with Crippen LogP contribution in [0.15, 0.2) is 53.7 Å². The highest BCUT2D eigenvalue weighted by Crippen LogP contribution is 2.19. The lowest BCUT2D eigenvalue weighted by molar-refractivity contribution is 0.199. The van der Waals surface area contributed by atoms with E-state index >= 15 is 0 Å². The monoisotopic (exact) mass is 302 g/mol. The summed E-state index contributed by atoms with van der Waals surface area (Å²) in [5.74, 6) is 1.08. The van der Waals surface area contributed by atoms with E-state index in [1.54, 1.807) is 7.11 Å². The minimum Gasteiger partial charge on any atom is -0.383 e. The van der Waals surface area contributed by atoms with Crippen LogP contribution in [0, 0.1) is 0 Å². The van der Waals surface area contributed by atoms with Crippen molar-refractivity contribution in [3.8, 4) is 0 Å². The molecule has 2 aromatic rings. The average Bonchev–Trinajstić information content (AvgIpc) is 2.54. The van der Waals surface area contributed by atoms with Crippen LogP contribution < -0.4 is 5.32 Å². The van der Waals surface area contributed by atoms with Crippen LogP contribution in [0.1, 0.15) is 11.1 Å². The van der Waals surface area contributed by atoms with E-state index in [-0.39, 0.29) is 0 Å². The van der Waals surface area contributed by atoms with E-state index < -0.39 is 0 Å². The van der Waals surface area contributed by atoms with Crippen LogP contribution in [0.5, 0.6) is 0 Å². The van der Waals surface area contributed by atoms with E-state index in [9.17, 15) is 0 Å². The maximum Gasteiger partial charge on any atom is 0.0587 e. The van der Waals surface area contributed by atoms with Crippen molar-refractivity contribution in [3.05, 3.63) is 59.9 Å². The average molecular weight is 302 g/mol. The second-order valence-electron chi connectivity index (χ2n) is 4.77. The fraction of sp³-hybridized carbons (Fsp3) is 0.353. The van der Waals surface area contributed by atoms with Crippen LogP contribution in [-0.4, -0.2) is 31.0 Å². The molecule has 1 aromatic heterocycles. The normalized spacial score (nSPS) is 10.7. The molecule has 1 N–H and O–H groups in total. The van der Waals surface area contributed by atoms with Crippen LogP contribution in [0.4, 0.5) is 0 Å². The Hall–Kier alpha value is -1.36. The molecular weight excluding hydrogens is 280 g/mol. The first-order valence-corrected chi connectivity index (χ1v) is 8.17. The third kappa shape index (κ3) is 6.29. The van der Waals surface area contributed by atoms with Gasteiger partial charge >= 0.3 is 0 Å². The quantitative estimate of drug-likeness (QED) is 0.570. The molecule has 0 amide bonds. The molecule has 0 atom stereocenters. The summed E-state index contributed by atoms with van der Waals surface area (Å²) in [5.41, 5.74) is 2.60. The lowest BCUT2D eigenvalue weighted by atomic mass is 10.2. The first-order valence-electron chi connectivity index (χ1n) is 7.19. The molecule has 0 saturated carbocycles. The van der Waals surface area contributed by atoms with Crippen molar-refractivity contribution < 1.29 is 4.74 Å². The van der Waals surface area contributed by atoms with Crippen LogP contribution in [0.3, 0.4) is 0 Å². The number of benzene rings is 1. The van der Waals surface area contributed by atoms with Crippen LogP contribution in [-0.2, 0) is 17.7 Å². The smallest absolute Gasteiger partial charge is 0.0587 e. The zero-order valence-corrected chi connectivity index (χ0v) is 13.2. The summed E-state index contributed by atoms with van der Waals surface area (Å²) in [7, 11) is 1.72. The summed E-state index contributed by atoms with van der Waals surface area (Å²) >= 11 is 1.89. The summed E-state index contributed by atoms with van der Waals surface area (Å²) in [6, 6.07) is 12.9. The number of nitrogens with one attached hydrogen (secondary N) is 1. The predicted molar refractivity (Wildman–Crippen MR) is 88.7 cm³/mol. The van der Waals surface area contributed by atoms with Gasteiger partial charge in [-0.25, -0.2) is 0 Å². The highest BCUT2D eigenvalue weighted by atomic mass is 32.2. The molecule has 1 aromatic carbocycles. The molecule has 0 fully saturated rings. The topological polar surface area (TPSA) is 34.1 Å². The third-order valence-electron chi connectivity index (χ3n) is 3.12. The van der Waals surface area contributed by atoms with Gasteiger partial charge in [-0.05, 0) is 35.7 Å². The van der Waals surface area contributed by atoms with Gasteiger partial charge in [0.15, 0.2) is 0 Å². The van der Waals surface area contributed by atoms with Gasteiger partial charge in [-0.2, -0.15) is 0 Å². The fourth-order valence-electron chi connectivity index (χ4n) is 1.94. The van der Waals surface area contributed by atoms with Crippen molar-refractivity contribution in [2.45, 2.75) is 17.9 Å². The zero-order valence-electron chi connectivity index (χ0n) is 12.4. The molecule has 1 heterocycles. The Labute approximate surface area is 131 Å². The first kappa shape index (κ1) is 16.0. The van der Waals surface area contributed by atoms with Crippen molar-refractivity contribution >= 4 is 11.8 Å². The molecule has 2 rings (SSSR count). The van der Waals surface area contributed by atoms with Gasteiger partial charge in [0.2, 0.25) is 0 Å². The fourth-order valence-corrected chi connectivity index (χ4v) is 2.85. The number of methoxy groups -OCH3 is 1. The largest absolute Gasteiger partial charge is 0.383 e. The van der Waals surface area contributed by atoms with E-state index in [1.807, 2.05) is 30.2 Å². The van der Waals surface area contributed by atoms with Crippen molar-refractivity contribution in [1.82, 2.24) is 10.3 Å². The minimum absolute atomic E-state index is 0.752. The van der Waals surface area contributed by atoms with E-state index in [0.717, 1.165) is 31.9 Å². The Kier molecular flexibility index (Phi) is 7.29. The predicted octanol–water partition coefficient (Wildman–Crippen LogP) is 3.15. The molecule has 0 saturated heterocycles. The molecular formula is C17H22N2OS. The van der Waals surface area contributed by atoms with E-state index in [2.05, 4.69) is 40.6 Å². The second-order valence-corrected chi connectivity index (χ2v) is 5.94. The lowest BCUT2D eigenvalue weighted by Crippen LogP contribution is -2.18. The third-order valence-corrected chi connectivity index (χ3v) is 4.13. The van der Waals surface area contributed by atoms with Crippen molar-refractivity contribution in [3.63, 3.8) is 0 Å². The van der Waals surface area contributed by atoms with Gasteiger partial charge in [0.05, 0.1) is 6.61 Å². The minimum atomic E-state index is 0.752. The Morgan fingerprint density at radius 2 is 2.00 bits per heavy atom. The number of ether oxygens (including phenoxy) is 1. The summed E-state index contributed by atoms with van der Waals surface area (Å²) < 4.78 is 5.01. The lowest BCUT2D eigenvalue weighted by Gasteiger charge is -2.06. The molecule has 0 radical (unpaired) electrons. The van der Waals surface area contributed by atoms with Crippen LogP contribution >= 0.6 is 11.8 Å². The molecule has 4 heteroatoms. The number of nitrogens with zero attached hydrogens (tertiary/aromatic N) is 1. The molecule has 112 valence electrons. The zero-order chi connectivity index (χ0) is 14.8. The van der Waals surface area contributed by atoms with Gasteiger partial charge < -0.3 is 10.1 Å². The van der Waals surface area contributed by atoms with Crippen molar-refractivity contribution in [1.29, 1.82) is 0 Å². The molecule has 0 spiro atoms. The molecule has 0 aliphatic heterocycles. The molecule has 0 unspecified atom stereocenters. The first-order chi connectivity index (χ1) is 10.4. The summed E-state index contributed by atoms with van der Waals surface area (Å²) in [4.78, 5) is 5.46. The maximum absolute atomic E-state index is 5.01. The van der Waals surface area contributed by atoms with E-state index in [1.165, 1.54) is 16.0 Å². The number of thioether (sulfide) groups is 1. The van der Waals surface area contributed by atoms with Gasteiger partial charge in [-0.15, -0.1) is 11.8 Å². The highest BCUT2D eigenvalue weighted by molar-refractivity contribution is 7.99. The van der Waals surface area contributed by atoms with Gasteiger partial charge in [-0.3, -0.25) is 4.98 Å². The van der Waals surface area contributed by atoms with Crippen molar-refractivity contribution in [2.24, 2.45) is 0 Å². The SMILES string of the molecule is COCCNCc1ccc(SCCc2cccnc2)cc1. The Morgan fingerprint density at radius 1 is 1.14 bits per heavy atom. The van der Waals surface area contributed by atoms with Crippen LogP contribution in [0.2, 0.25) is 0 Å². The number of hydrogen-bond acceptors (Lipinski definition) is 4. The second kappa shape index (κ2) is 9.55. The molecule has 0 aliphatic rings. The maximum atomic E-state index is 5.01. The summed E-state index contributed by atoms with van der Waals surface area (Å²) in [6.45, 7) is 2.53. The Balaban J connectivity index is 1.69. The number of rotatable bonds is 9. The number of aromatic nitrogens is 1. The van der Waals surface area contributed by atoms with E-state index in [4.69, 9.17) is 4.74 Å². The molecule has 3 nitrogen and oxygen atoms in total. The van der Waals surface area contributed by atoms with Crippen LogP contribution in [0.25, 0.3) is 0 Å². The summed E-state index contributed by atoms with van der Waals surface area (Å²) in [6.07, 6.45) is 4.81. The van der Waals surface area contributed by atoms with Gasteiger partial charge in [0.25, 0.3) is 0 Å². The highest BCUT2D eigenvalue weighted by Gasteiger charge is 1.97. The summed E-state index contributed by atoms with van der Waals surface area (Å²) in [5, 5.41) is 3.35. The van der Waals surface area contributed by atoms with E-state index in [0.29, 0.717) is 0 Å². The van der Waals surface area contributed by atoms with Gasteiger partial charge in [-0.1, -0.05) is 18.2 Å². The van der Waals surface area contributed by atoms with Crippen molar-refractivity contribution in [2.75, 3.05) is 26.0 Å². The number of hydrogen-bond donors (Lipinski definition) is 1. The molecule has 0 bridgehead atoms. The van der Waals surface area contributed by atoms with Gasteiger partial charge in [0.1, 0.15) is 0 Å². The standard InChI is InChI=1S/C17H22N2OS/c1-20-11-10-19-14-16-4-6-17(7-5-16)21-12-8-15-3-2-9-18-13-15/h2-7,9,13,19H,8,10-12,14H2,1H3. The Morgan fingerprint density at radius 3 is 2.71 bits per heavy atom. The number of aryl methyl sites for hydroxylation is 1. The Bertz CT molecular complexity index is 502. The molecule has 0 aliphatic carbocycles.